The molecule has 224 valence electrons. The summed E-state index contributed by atoms with van der Waals surface area (Å²) < 4.78 is 27.4. The van der Waals surface area contributed by atoms with E-state index in [9.17, 15) is 5.26 Å². The summed E-state index contributed by atoms with van der Waals surface area (Å²) in [5.74, 6) is 0.951. The highest BCUT2D eigenvalue weighted by molar-refractivity contribution is 5.67. The van der Waals surface area contributed by atoms with Crippen LogP contribution >= 0.6 is 0 Å². The molecular weight excluding hydrogens is 552 g/mol. The molecule has 1 saturated heterocycles. The molecule has 1 aliphatic heterocycles. The third-order valence-corrected chi connectivity index (χ3v) is 7.45. The predicted molar refractivity (Wildman–Crippen MR) is 154 cm³/mol. The van der Waals surface area contributed by atoms with Gasteiger partial charge in [0, 0.05) is 30.8 Å². The second kappa shape index (κ2) is 12.3. The normalized spacial score (nSPS) is 17.2. The first kappa shape index (κ1) is 28.5. The lowest BCUT2D eigenvalue weighted by Gasteiger charge is -2.35. The van der Waals surface area contributed by atoms with Crippen molar-refractivity contribution in [3.05, 3.63) is 48.7 Å². The fourth-order valence-corrected chi connectivity index (χ4v) is 5.39. The lowest BCUT2D eigenvalue weighted by Crippen LogP contribution is -2.35. The molecule has 1 atom stereocenters. The Bertz CT molecular complexity index is 1550. The van der Waals surface area contributed by atoms with E-state index in [4.69, 9.17) is 24.0 Å². The van der Waals surface area contributed by atoms with E-state index in [1.807, 2.05) is 43.8 Å². The summed E-state index contributed by atoms with van der Waals surface area (Å²) in [5, 5.41) is 28.8. The van der Waals surface area contributed by atoms with E-state index in [0.717, 1.165) is 36.8 Å². The van der Waals surface area contributed by atoms with E-state index in [-0.39, 0.29) is 18.2 Å². The van der Waals surface area contributed by atoms with Gasteiger partial charge in [0.15, 0.2) is 5.79 Å². The van der Waals surface area contributed by atoms with Crippen molar-refractivity contribution in [2.75, 3.05) is 18.5 Å². The number of aromatic nitrogens is 8. The number of rotatable bonds is 10. The topological polar surface area (TPSA) is 160 Å². The summed E-state index contributed by atoms with van der Waals surface area (Å²) in [5.41, 5.74) is 2.71. The van der Waals surface area contributed by atoms with Crippen molar-refractivity contribution in [1.29, 1.82) is 5.26 Å². The molecule has 1 N–H and O–H groups in total. The number of hydrogen-bond acceptors (Lipinski definition) is 12. The van der Waals surface area contributed by atoms with Gasteiger partial charge in [-0.05, 0) is 61.7 Å². The van der Waals surface area contributed by atoms with Crippen LogP contribution in [0.5, 0.6) is 11.6 Å². The summed E-state index contributed by atoms with van der Waals surface area (Å²) in [6.07, 6.45) is 10.1. The van der Waals surface area contributed by atoms with Gasteiger partial charge >= 0.3 is 0 Å². The van der Waals surface area contributed by atoms with E-state index in [0.29, 0.717) is 48.6 Å². The van der Waals surface area contributed by atoms with Crippen LogP contribution in [0, 0.1) is 11.3 Å². The van der Waals surface area contributed by atoms with Crippen molar-refractivity contribution in [3.63, 3.8) is 0 Å². The smallest absolute Gasteiger partial charge is 0.257 e. The van der Waals surface area contributed by atoms with Gasteiger partial charge in [-0.1, -0.05) is 6.07 Å². The highest BCUT2D eigenvalue weighted by Crippen LogP contribution is 2.41. The van der Waals surface area contributed by atoms with Crippen LogP contribution in [-0.4, -0.2) is 71.2 Å². The number of hydrogen-bond donors (Lipinski definition) is 1. The van der Waals surface area contributed by atoms with E-state index >= 15 is 0 Å². The quantitative estimate of drug-likeness (QED) is 0.284. The van der Waals surface area contributed by atoms with Crippen molar-refractivity contribution < 1.29 is 18.9 Å². The van der Waals surface area contributed by atoms with Gasteiger partial charge in [-0.3, -0.25) is 4.68 Å². The van der Waals surface area contributed by atoms with Crippen LogP contribution in [0.25, 0.3) is 11.1 Å². The largest absolute Gasteiger partial charge is 0.487 e. The van der Waals surface area contributed by atoms with Crippen molar-refractivity contribution >= 4 is 11.6 Å². The highest BCUT2D eigenvalue weighted by Gasteiger charge is 2.41. The molecule has 1 saturated carbocycles. The third-order valence-electron chi connectivity index (χ3n) is 7.45. The number of nitriles is 1. The van der Waals surface area contributed by atoms with Crippen LogP contribution in [0.15, 0.2) is 43.1 Å². The molecule has 4 heterocycles. The van der Waals surface area contributed by atoms with E-state index in [1.165, 1.54) is 6.33 Å². The second-order valence-electron chi connectivity index (χ2n) is 11.0. The Labute approximate surface area is 248 Å². The van der Waals surface area contributed by atoms with E-state index < -0.39 is 5.79 Å². The van der Waals surface area contributed by atoms with Crippen molar-refractivity contribution in [3.8, 4) is 28.8 Å². The van der Waals surface area contributed by atoms with Crippen LogP contribution < -0.4 is 14.8 Å². The molecule has 1 unspecified atom stereocenters. The Morgan fingerprint density at radius 3 is 2.53 bits per heavy atom. The zero-order valence-corrected chi connectivity index (χ0v) is 24.4. The fourth-order valence-electron chi connectivity index (χ4n) is 5.39. The molecule has 1 spiro atoms. The van der Waals surface area contributed by atoms with Crippen LogP contribution in [0.2, 0.25) is 0 Å². The number of tetrazole rings is 1. The first-order chi connectivity index (χ1) is 20.9. The van der Waals surface area contributed by atoms with Gasteiger partial charge < -0.3 is 24.3 Å². The number of anilines is 2. The first-order valence-electron chi connectivity index (χ1n) is 14.4. The van der Waals surface area contributed by atoms with Gasteiger partial charge in [0.05, 0.1) is 43.7 Å². The first-order valence-corrected chi connectivity index (χ1v) is 14.4. The van der Waals surface area contributed by atoms with Crippen LogP contribution in [0.1, 0.15) is 58.1 Å². The minimum atomic E-state index is -0.423. The molecule has 0 radical (unpaired) electrons. The molecule has 3 aromatic heterocycles. The molecule has 1 aromatic carbocycles. The standard InChI is InChI=1S/C29H34N10O4/c1-19(2)42-27-25(17-39(35-27)24-6-8-29(9-7-24)40-10-11-41-29)34-28-31-14-23(15-32-28)21-4-5-22(13-30)26(12-21)43-20(3)16-38-18-33-36-37-38/h4-5,12,14-15,17-20,24H,6-11,16H2,1-3H3,(H,31,32,34). The zero-order valence-electron chi connectivity index (χ0n) is 24.4. The highest BCUT2D eigenvalue weighted by atomic mass is 16.7. The Morgan fingerprint density at radius 1 is 1.09 bits per heavy atom. The molecular formula is C29H34N10O4. The summed E-state index contributed by atoms with van der Waals surface area (Å²) in [4.78, 5) is 9.09. The van der Waals surface area contributed by atoms with Crippen LogP contribution in [0.4, 0.5) is 11.6 Å². The number of nitrogens with zero attached hydrogens (tertiary/aromatic N) is 9. The summed E-state index contributed by atoms with van der Waals surface area (Å²) in [7, 11) is 0. The maximum atomic E-state index is 9.61. The molecule has 14 heteroatoms. The zero-order chi connectivity index (χ0) is 29.8. The SMILES string of the molecule is CC(C)Oc1nn(C2CCC3(CC2)OCCO3)cc1Nc1ncc(-c2ccc(C#N)c(OC(C)Cn3cnnn3)c2)cn1. The Hall–Kier alpha value is -4.61. The molecule has 4 aromatic rings. The van der Waals surface area contributed by atoms with Gasteiger partial charge in [-0.25, -0.2) is 14.6 Å². The van der Waals surface area contributed by atoms with Crippen molar-refractivity contribution in [1.82, 2.24) is 40.0 Å². The van der Waals surface area contributed by atoms with Crippen LogP contribution in [0.3, 0.4) is 0 Å². The minimum absolute atomic E-state index is 0.0505. The second-order valence-corrected chi connectivity index (χ2v) is 11.0. The maximum absolute atomic E-state index is 9.61. The molecule has 6 rings (SSSR count). The Morgan fingerprint density at radius 2 is 1.86 bits per heavy atom. The molecule has 0 amide bonds. The molecule has 14 nitrogen and oxygen atoms in total. The summed E-state index contributed by atoms with van der Waals surface area (Å²) in [6.45, 7) is 7.59. The molecule has 2 fully saturated rings. The number of ether oxygens (including phenoxy) is 4. The van der Waals surface area contributed by atoms with Gasteiger partial charge in [-0.15, -0.1) is 10.2 Å². The lowest BCUT2D eigenvalue weighted by molar-refractivity contribution is -0.181. The average Bonchev–Trinajstić information content (AvgIpc) is 3.77. The monoisotopic (exact) mass is 586 g/mol. The Balaban J connectivity index is 1.16. The van der Waals surface area contributed by atoms with Gasteiger partial charge in [0.2, 0.25) is 5.95 Å². The Kier molecular flexibility index (Phi) is 8.17. The van der Waals surface area contributed by atoms with Gasteiger partial charge in [-0.2, -0.15) is 5.26 Å². The molecule has 0 bridgehead atoms. The van der Waals surface area contributed by atoms with Gasteiger partial charge in [0.25, 0.3) is 5.88 Å². The van der Waals surface area contributed by atoms with Crippen molar-refractivity contribution in [2.45, 2.75) is 77.0 Å². The maximum Gasteiger partial charge on any atom is 0.257 e. The molecule has 1 aliphatic carbocycles. The third kappa shape index (κ3) is 6.58. The number of benzene rings is 1. The lowest BCUT2D eigenvalue weighted by atomic mass is 9.90. The molecule has 2 aliphatic rings. The number of nitrogens with one attached hydrogen (secondary N) is 1. The molecule has 43 heavy (non-hydrogen) atoms. The summed E-state index contributed by atoms with van der Waals surface area (Å²) in [6, 6.07) is 7.79. The van der Waals surface area contributed by atoms with E-state index in [2.05, 4.69) is 36.9 Å². The van der Waals surface area contributed by atoms with Crippen molar-refractivity contribution in [2.24, 2.45) is 0 Å². The predicted octanol–water partition coefficient (Wildman–Crippen LogP) is 4.05. The summed E-state index contributed by atoms with van der Waals surface area (Å²) >= 11 is 0. The minimum Gasteiger partial charge on any atom is -0.487 e. The van der Waals surface area contributed by atoms with Gasteiger partial charge in [0.1, 0.15) is 29.9 Å². The average molecular weight is 587 g/mol. The fraction of sp³-hybridized carbons (Fsp3) is 0.483. The van der Waals surface area contributed by atoms with Crippen LogP contribution in [-0.2, 0) is 16.0 Å². The van der Waals surface area contributed by atoms with E-state index in [1.54, 1.807) is 23.1 Å².